The lowest BCUT2D eigenvalue weighted by atomic mass is 9.82. The van der Waals surface area contributed by atoms with Crippen LogP contribution in [0.3, 0.4) is 0 Å². The van der Waals surface area contributed by atoms with E-state index in [1.807, 2.05) is 11.8 Å². The molecule has 0 aliphatic rings. The standard InChI is InChI=1S/C10H22S2.2CH4/c1-5-10(6-2,7-3)8-12-9-11-4;;/h5-9H2,1-4H3;2*1H4. The Balaban J connectivity index is -0.000000605. The first kappa shape index (κ1) is 20.2. The molecule has 0 heterocycles. The molecule has 0 rings (SSSR count). The van der Waals surface area contributed by atoms with Crippen LogP contribution in [0.25, 0.3) is 0 Å². The summed E-state index contributed by atoms with van der Waals surface area (Å²) in [6.07, 6.45) is 6.18. The predicted molar refractivity (Wildman–Crippen MR) is 77.6 cm³/mol. The first-order valence-corrected chi connectivity index (χ1v) is 7.36. The molecule has 0 N–H and O–H groups in total. The molecule has 0 aromatic rings. The molecule has 0 fully saturated rings. The maximum Gasteiger partial charge on any atom is 0.0389 e. The third kappa shape index (κ3) is 7.05. The van der Waals surface area contributed by atoms with Gasteiger partial charge in [0.25, 0.3) is 0 Å². The van der Waals surface area contributed by atoms with Crippen molar-refractivity contribution < 1.29 is 0 Å². The molecule has 0 nitrogen and oxygen atoms in total. The second-order valence-electron chi connectivity index (χ2n) is 3.32. The van der Waals surface area contributed by atoms with Crippen molar-refractivity contribution in [3.8, 4) is 0 Å². The van der Waals surface area contributed by atoms with Crippen LogP contribution in [0.5, 0.6) is 0 Å². The van der Waals surface area contributed by atoms with Crippen molar-refractivity contribution in [2.45, 2.75) is 54.9 Å². The summed E-state index contributed by atoms with van der Waals surface area (Å²) in [6.45, 7) is 6.98. The largest absolute Gasteiger partial charge is 0.155 e. The molecular formula is C12H30S2. The van der Waals surface area contributed by atoms with E-state index < -0.39 is 0 Å². The third-order valence-corrected chi connectivity index (χ3v) is 5.29. The average Bonchev–Trinajstić information content (AvgIpc) is 2.14. The highest BCUT2D eigenvalue weighted by Gasteiger charge is 2.23. The first-order valence-electron chi connectivity index (χ1n) is 4.81. The molecule has 0 saturated carbocycles. The summed E-state index contributed by atoms with van der Waals surface area (Å²) >= 11 is 4.03. The lowest BCUT2D eigenvalue weighted by Gasteiger charge is -2.29. The van der Waals surface area contributed by atoms with Crippen LogP contribution in [0.2, 0.25) is 0 Å². The zero-order valence-corrected chi connectivity index (χ0v) is 10.5. The lowest BCUT2D eigenvalue weighted by molar-refractivity contribution is 0.295. The van der Waals surface area contributed by atoms with Crippen LogP contribution in [-0.2, 0) is 0 Å². The molecular weight excluding hydrogens is 208 g/mol. The van der Waals surface area contributed by atoms with Gasteiger partial charge in [-0.25, -0.2) is 0 Å². The summed E-state index contributed by atoms with van der Waals surface area (Å²) in [4.78, 5) is 0. The number of thioether (sulfide) groups is 2. The van der Waals surface area contributed by atoms with E-state index in [4.69, 9.17) is 0 Å². The van der Waals surface area contributed by atoms with Gasteiger partial charge in [0.1, 0.15) is 0 Å². The zero-order valence-electron chi connectivity index (χ0n) is 8.85. The van der Waals surface area contributed by atoms with E-state index in [9.17, 15) is 0 Å². The molecule has 2 heteroatoms. The third-order valence-electron chi connectivity index (χ3n) is 2.86. The molecule has 0 aromatic heterocycles. The molecule has 90 valence electrons. The fourth-order valence-electron chi connectivity index (χ4n) is 1.40. The Bertz CT molecular complexity index is 90.2. The van der Waals surface area contributed by atoms with E-state index in [2.05, 4.69) is 38.8 Å². The Morgan fingerprint density at radius 3 is 1.64 bits per heavy atom. The molecule has 0 aromatic carbocycles. The summed E-state index contributed by atoms with van der Waals surface area (Å²) in [5.41, 5.74) is 0.625. The minimum atomic E-state index is 0. The summed E-state index contributed by atoms with van der Waals surface area (Å²) in [6, 6.07) is 0. The van der Waals surface area contributed by atoms with Gasteiger partial charge in [0, 0.05) is 5.08 Å². The van der Waals surface area contributed by atoms with Crippen molar-refractivity contribution in [3.63, 3.8) is 0 Å². The average molecular weight is 239 g/mol. The van der Waals surface area contributed by atoms with Crippen LogP contribution >= 0.6 is 23.5 Å². The SMILES string of the molecule is C.C.CCC(CC)(CC)CSCSC. The minimum absolute atomic E-state index is 0. The number of hydrogen-bond donors (Lipinski definition) is 0. The Morgan fingerprint density at radius 2 is 1.36 bits per heavy atom. The summed E-state index contributed by atoms with van der Waals surface area (Å²) < 4.78 is 0. The minimum Gasteiger partial charge on any atom is -0.155 e. The van der Waals surface area contributed by atoms with Gasteiger partial charge in [-0.2, -0.15) is 23.5 Å². The summed E-state index contributed by atoms with van der Waals surface area (Å²) in [5.74, 6) is 1.34. The molecule has 0 bridgehead atoms. The van der Waals surface area contributed by atoms with E-state index in [-0.39, 0.29) is 14.9 Å². The lowest BCUT2D eigenvalue weighted by Crippen LogP contribution is -2.20. The van der Waals surface area contributed by atoms with Crippen molar-refractivity contribution in [3.05, 3.63) is 0 Å². The maximum absolute atomic E-state index is 2.33. The van der Waals surface area contributed by atoms with Crippen molar-refractivity contribution in [1.82, 2.24) is 0 Å². The van der Waals surface area contributed by atoms with E-state index in [0.29, 0.717) is 5.41 Å². The Kier molecular flexibility index (Phi) is 16.9. The molecule has 0 spiro atoms. The number of hydrogen-bond acceptors (Lipinski definition) is 2. The summed E-state index contributed by atoms with van der Waals surface area (Å²) in [5, 5.41) is 1.25. The topological polar surface area (TPSA) is 0 Å². The van der Waals surface area contributed by atoms with Crippen LogP contribution in [0.15, 0.2) is 0 Å². The van der Waals surface area contributed by atoms with Crippen LogP contribution < -0.4 is 0 Å². The van der Waals surface area contributed by atoms with E-state index >= 15 is 0 Å². The normalized spacial score (nSPS) is 10.3. The fraction of sp³-hybridized carbons (Fsp3) is 1.00. The Labute approximate surface area is 101 Å². The van der Waals surface area contributed by atoms with Crippen LogP contribution in [-0.4, -0.2) is 17.1 Å². The highest BCUT2D eigenvalue weighted by Crippen LogP contribution is 2.34. The predicted octanol–water partition coefficient (Wildman–Crippen LogP) is 5.53. The highest BCUT2D eigenvalue weighted by atomic mass is 32.2. The molecule has 0 radical (unpaired) electrons. The molecule has 14 heavy (non-hydrogen) atoms. The van der Waals surface area contributed by atoms with Gasteiger partial charge in [-0.15, -0.1) is 0 Å². The van der Waals surface area contributed by atoms with Crippen LogP contribution in [0.4, 0.5) is 0 Å². The van der Waals surface area contributed by atoms with Gasteiger partial charge in [0.15, 0.2) is 0 Å². The summed E-state index contributed by atoms with van der Waals surface area (Å²) in [7, 11) is 0. The zero-order chi connectivity index (χ0) is 9.45. The van der Waals surface area contributed by atoms with Crippen LogP contribution in [0, 0.1) is 5.41 Å². The fourth-order valence-corrected chi connectivity index (χ4v) is 3.44. The second-order valence-corrected chi connectivity index (χ2v) is 5.53. The Morgan fingerprint density at radius 1 is 0.929 bits per heavy atom. The number of rotatable bonds is 7. The van der Waals surface area contributed by atoms with Crippen LogP contribution in [0.1, 0.15) is 54.9 Å². The highest BCUT2D eigenvalue weighted by molar-refractivity contribution is 8.15. The van der Waals surface area contributed by atoms with E-state index in [1.54, 1.807) is 0 Å². The first-order chi connectivity index (χ1) is 5.74. The molecule has 0 atom stereocenters. The van der Waals surface area contributed by atoms with Gasteiger partial charge in [0.05, 0.1) is 0 Å². The van der Waals surface area contributed by atoms with E-state index in [0.717, 1.165) is 0 Å². The smallest absolute Gasteiger partial charge is 0.0389 e. The van der Waals surface area contributed by atoms with E-state index in [1.165, 1.54) is 30.1 Å². The molecule has 0 aliphatic carbocycles. The van der Waals surface area contributed by atoms with Gasteiger partial charge < -0.3 is 0 Å². The molecule has 0 unspecified atom stereocenters. The molecule has 0 aliphatic heterocycles. The monoisotopic (exact) mass is 238 g/mol. The van der Waals surface area contributed by atoms with Crippen molar-refractivity contribution >= 4 is 23.5 Å². The van der Waals surface area contributed by atoms with Crippen molar-refractivity contribution in [2.75, 3.05) is 17.1 Å². The second kappa shape index (κ2) is 11.8. The van der Waals surface area contributed by atoms with Gasteiger partial charge in [-0.3, -0.25) is 0 Å². The van der Waals surface area contributed by atoms with Crippen molar-refractivity contribution in [1.29, 1.82) is 0 Å². The quantitative estimate of drug-likeness (QED) is 0.422. The Hall–Kier alpha value is 0.700. The molecule has 0 amide bonds. The molecule has 0 saturated heterocycles. The maximum atomic E-state index is 2.33. The van der Waals surface area contributed by atoms with Gasteiger partial charge in [0.2, 0.25) is 0 Å². The van der Waals surface area contributed by atoms with Gasteiger partial charge >= 0.3 is 0 Å². The van der Waals surface area contributed by atoms with Crippen molar-refractivity contribution in [2.24, 2.45) is 5.41 Å². The van der Waals surface area contributed by atoms with Gasteiger partial charge in [-0.05, 0) is 36.7 Å². The van der Waals surface area contributed by atoms with Gasteiger partial charge in [-0.1, -0.05) is 35.6 Å².